The van der Waals surface area contributed by atoms with Gasteiger partial charge in [-0.15, -0.1) is 0 Å². The van der Waals surface area contributed by atoms with Gasteiger partial charge >= 0.3 is 5.97 Å². The molecule has 4 nitrogen and oxygen atoms in total. The van der Waals surface area contributed by atoms with Gasteiger partial charge in [-0.25, -0.2) is 0 Å². The van der Waals surface area contributed by atoms with Crippen LogP contribution in [-0.2, 0) is 4.79 Å². The first-order valence-electron chi connectivity index (χ1n) is 4.63. The van der Waals surface area contributed by atoms with Crippen LogP contribution in [0.15, 0.2) is 16.5 Å². The van der Waals surface area contributed by atoms with Gasteiger partial charge in [0.15, 0.2) is 0 Å². The summed E-state index contributed by atoms with van der Waals surface area (Å²) in [6.07, 6.45) is 1.38. The Morgan fingerprint density at radius 3 is 2.86 bits per heavy atom. The second-order valence-corrected chi connectivity index (χ2v) is 3.34. The van der Waals surface area contributed by atoms with E-state index in [1.165, 1.54) is 0 Å². The maximum Gasteiger partial charge on any atom is 0.303 e. The lowest BCUT2D eigenvalue weighted by Gasteiger charge is -2.06. The second kappa shape index (κ2) is 4.81. The zero-order chi connectivity index (χ0) is 10.6. The molecule has 0 saturated heterocycles. The Balaban J connectivity index is 2.35. The quantitative estimate of drug-likeness (QED) is 0.755. The Morgan fingerprint density at radius 2 is 2.36 bits per heavy atom. The maximum absolute atomic E-state index is 10.3. The van der Waals surface area contributed by atoms with Crippen molar-refractivity contribution >= 4 is 5.97 Å². The summed E-state index contributed by atoms with van der Waals surface area (Å²) < 4.78 is 5.33. The molecule has 0 aliphatic carbocycles. The number of carbonyl (C=O) groups is 1. The summed E-state index contributed by atoms with van der Waals surface area (Å²) in [6.45, 7) is 1.85. The van der Waals surface area contributed by atoms with Crippen LogP contribution in [0.25, 0.3) is 0 Å². The highest BCUT2D eigenvalue weighted by molar-refractivity contribution is 5.66. The lowest BCUT2D eigenvalue weighted by atomic mass is 10.1. The average molecular weight is 197 g/mol. The van der Waals surface area contributed by atoms with Crippen LogP contribution >= 0.6 is 0 Å². The third-order valence-electron chi connectivity index (χ3n) is 2.03. The van der Waals surface area contributed by atoms with Crippen LogP contribution in [0.2, 0.25) is 0 Å². The van der Waals surface area contributed by atoms with Crippen molar-refractivity contribution in [3.8, 4) is 0 Å². The highest BCUT2D eigenvalue weighted by atomic mass is 16.4. The zero-order valence-electron chi connectivity index (χ0n) is 8.19. The molecule has 1 heterocycles. The first-order valence-corrected chi connectivity index (χ1v) is 4.63. The highest BCUT2D eigenvalue weighted by Crippen LogP contribution is 2.18. The number of aliphatic carboxylic acids is 1. The Bertz CT molecular complexity index is 306. The average Bonchev–Trinajstić information content (AvgIpc) is 2.51. The number of carboxylic acids is 1. The smallest absolute Gasteiger partial charge is 0.303 e. The first-order chi connectivity index (χ1) is 6.59. The third kappa shape index (κ3) is 3.22. The first kappa shape index (κ1) is 10.8. The van der Waals surface area contributed by atoms with E-state index < -0.39 is 5.97 Å². The summed E-state index contributed by atoms with van der Waals surface area (Å²) in [5, 5.41) is 8.44. The van der Waals surface area contributed by atoms with Gasteiger partial charge in [0.05, 0.1) is 6.04 Å². The van der Waals surface area contributed by atoms with E-state index in [-0.39, 0.29) is 12.5 Å². The van der Waals surface area contributed by atoms with Crippen molar-refractivity contribution in [3.05, 3.63) is 23.7 Å². The molecule has 0 saturated carbocycles. The van der Waals surface area contributed by atoms with Crippen molar-refractivity contribution in [2.75, 3.05) is 0 Å². The molecule has 0 aromatic carbocycles. The van der Waals surface area contributed by atoms with Gasteiger partial charge in [0, 0.05) is 6.42 Å². The van der Waals surface area contributed by atoms with Crippen LogP contribution in [-0.4, -0.2) is 11.1 Å². The fourth-order valence-corrected chi connectivity index (χ4v) is 1.27. The molecule has 3 N–H and O–H groups in total. The molecule has 0 fully saturated rings. The summed E-state index contributed by atoms with van der Waals surface area (Å²) in [7, 11) is 0. The largest absolute Gasteiger partial charge is 0.481 e. The predicted molar refractivity (Wildman–Crippen MR) is 51.9 cm³/mol. The van der Waals surface area contributed by atoms with E-state index in [0.29, 0.717) is 12.8 Å². The molecule has 1 atom stereocenters. The van der Waals surface area contributed by atoms with E-state index in [9.17, 15) is 4.79 Å². The molecule has 0 unspecified atom stereocenters. The molecule has 0 spiro atoms. The molecule has 1 rings (SSSR count). The Kier molecular flexibility index (Phi) is 3.71. The van der Waals surface area contributed by atoms with E-state index in [0.717, 1.165) is 11.5 Å². The van der Waals surface area contributed by atoms with Crippen molar-refractivity contribution in [2.45, 2.75) is 32.2 Å². The van der Waals surface area contributed by atoms with Gasteiger partial charge in [0.25, 0.3) is 0 Å². The molecule has 14 heavy (non-hydrogen) atoms. The molecule has 0 amide bonds. The molecular weight excluding hydrogens is 182 g/mol. The SMILES string of the molecule is Cc1ccc([C@H](N)CCCC(=O)O)o1. The summed E-state index contributed by atoms with van der Waals surface area (Å²) in [4.78, 5) is 10.3. The van der Waals surface area contributed by atoms with Crippen LogP contribution in [0.4, 0.5) is 0 Å². The summed E-state index contributed by atoms with van der Waals surface area (Å²) in [5.74, 6) is 0.773. The van der Waals surface area contributed by atoms with Crippen LogP contribution in [0.5, 0.6) is 0 Å². The van der Waals surface area contributed by atoms with Gasteiger partial charge in [0.2, 0.25) is 0 Å². The predicted octanol–water partition coefficient (Wildman–Crippen LogP) is 1.84. The molecule has 0 radical (unpaired) electrons. The molecule has 0 aliphatic rings. The Morgan fingerprint density at radius 1 is 1.64 bits per heavy atom. The topological polar surface area (TPSA) is 76.5 Å². The third-order valence-corrected chi connectivity index (χ3v) is 2.03. The number of nitrogens with two attached hydrogens (primary N) is 1. The minimum atomic E-state index is -0.784. The minimum Gasteiger partial charge on any atom is -0.481 e. The number of aryl methyl sites for hydroxylation is 1. The van der Waals surface area contributed by atoms with Gasteiger partial charge in [0.1, 0.15) is 11.5 Å². The van der Waals surface area contributed by atoms with Gasteiger partial charge < -0.3 is 15.3 Å². The zero-order valence-corrected chi connectivity index (χ0v) is 8.19. The fraction of sp³-hybridized carbons (Fsp3) is 0.500. The van der Waals surface area contributed by atoms with Gasteiger partial charge in [-0.1, -0.05) is 0 Å². The summed E-state index contributed by atoms with van der Waals surface area (Å²) in [6, 6.07) is 3.50. The van der Waals surface area contributed by atoms with Crippen molar-refractivity contribution in [3.63, 3.8) is 0 Å². The van der Waals surface area contributed by atoms with Crippen LogP contribution < -0.4 is 5.73 Å². The molecule has 78 valence electrons. The molecule has 0 bridgehead atoms. The van der Waals surface area contributed by atoms with Crippen molar-refractivity contribution in [2.24, 2.45) is 5.73 Å². The fourth-order valence-electron chi connectivity index (χ4n) is 1.27. The maximum atomic E-state index is 10.3. The van der Waals surface area contributed by atoms with Crippen molar-refractivity contribution in [1.82, 2.24) is 0 Å². The van der Waals surface area contributed by atoms with Gasteiger partial charge in [-0.05, 0) is 31.9 Å². The van der Waals surface area contributed by atoms with Crippen LogP contribution in [0, 0.1) is 6.92 Å². The standard InChI is InChI=1S/C10H15NO3/c1-7-5-6-9(14-7)8(11)3-2-4-10(12)13/h5-6,8H,2-4,11H2,1H3,(H,12,13)/t8-/m1/s1. The van der Waals surface area contributed by atoms with Crippen molar-refractivity contribution in [1.29, 1.82) is 0 Å². The van der Waals surface area contributed by atoms with Gasteiger partial charge in [-0.2, -0.15) is 0 Å². The highest BCUT2D eigenvalue weighted by Gasteiger charge is 2.10. The molecular formula is C10H15NO3. The monoisotopic (exact) mass is 197 g/mol. The number of hydrogen-bond acceptors (Lipinski definition) is 3. The lowest BCUT2D eigenvalue weighted by Crippen LogP contribution is -2.09. The molecule has 0 aliphatic heterocycles. The van der Waals surface area contributed by atoms with E-state index in [2.05, 4.69) is 0 Å². The minimum absolute atomic E-state index is 0.160. The normalized spacial score (nSPS) is 12.7. The summed E-state index contributed by atoms with van der Waals surface area (Å²) in [5.41, 5.74) is 5.81. The summed E-state index contributed by atoms with van der Waals surface area (Å²) >= 11 is 0. The number of rotatable bonds is 5. The molecule has 1 aromatic rings. The van der Waals surface area contributed by atoms with E-state index >= 15 is 0 Å². The molecule has 4 heteroatoms. The van der Waals surface area contributed by atoms with Crippen molar-refractivity contribution < 1.29 is 14.3 Å². The Labute approximate surface area is 82.7 Å². The Hall–Kier alpha value is -1.29. The van der Waals surface area contributed by atoms with E-state index in [4.69, 9.17) is 15.3 Å². The van der Waals surface area contributed by atoms with E-state index in [1.807, 2.05) is 19.1 Å². The number of hydrogen-bond donors (Lipinski definition) is 2. The van der Waals surface area contributed by atoms with E-state index in [1.54, 1.807) is 0 Å². The molecule has 1 aromatic heterocycles. The lowest BCUT2D eigenvalue weighted by molar-refractivity contribution is -0.137. The van der Waals surface area contributed by atoms with Gasteiger partial charge in [-0.3, -0.25) is 4.79 Å². The second-order valence-electron chi connectivity index (χ2n) is 3.34. The van der Waals surface area contributed by atoms with Crippen LogP contribution in [0.1, 0.15) is 36.8 Å². The number of furan rings is 1. The number of carboxylic acid groups (broad SMARTS) is 1. The van der Waals surface area contributed by atoms with Crippen LogP contribution in [0.3, 0.4) is 0 Å².